The zero-order chi connectivity index (χ0) is 12.2. The van der Waals surface area contributed by atoms with Gasteiger partial charge in [0.25, 0.3) is 0 Å². The molecule has 0 bridgehead atoms. The third-order valence-electron chi connectivity index (χ3n) is 3.12. The Hall–Kier alpha value is -0.870. The van der Waals surface area contributed by atoms with Crippen LogP contribution in [0.4, 0.5) is 0 Å². The molecule has 92 valence electrons. The molecule has 4 heteroatoms. The van der Waals surface area contributed by atoms with Crippen molar-refractivity contribution in [2.45, 2.75) is 52.2 Å². The maximum Gasteiger partial charge on any atom is 0.0821 e. The van der Waals surface area contributed by atoms with E-state index in [9.17, 15) is 5.11 Å². The van der Waals surface area contributed by atoms with Gasteiger partial charge in [-0.15, -0.1) is 0 Å². The van der Waals surface area contributed by atoms with Crippen LogP contribution < -0.4 is 5.73 Å². The molecule has 0 spiro atoms. The largest absolute Gasteiger partial charge is 0.388 e. The van der Waals surface area contributed by atoms with Crippen LogP contribution in [0, 0.1) is 0 Å². The first kappa shape index (κ1) is 13.2. The van der Waals surface area contributed by atoms with Crippen molar-refractivity contribution in [2.75, 3.05) is 6.54 Å². The fourth-order valence-corrected chi connectivity index (χ4v) is 1.78. The molecule has 16 heavy (non-hydrogen) atoms. The lowest BCUT2D eigenvalue weighted by molar-refractivity contribution is 0.0436. The summed E-state index contributed by atoms with van der Waals surface area (Å²) < 4.78 is 1.95. The lowest BCUT2D eigenvalue weighted by atomic mass is 9.94. The van der Waals surface area contributed by atoms with Gasteiger partial charge in [0, 0.05) is 25.2 Å². The third-order valence-corrected chi connectivity index (χ3v) is 3.12. The number of hydrogen-bond donors (Lipinski definition) is 2. The Morgan fingerprint density at radius 1 is 1.44 bits per heavy atom. The smallest absolute Gasteiger partial charge is 0.0821 e. The van der Waals surface area contributed by atoms with Gasteiger partial charge < -0.3 is 10.8 Å². The Morgan fingerprint density at radius 2 is 2.12 bits per heavy atom. The number of rotatable bonds is 6. The number of aliphatic hydroxyl groups is 1. The van der Waals surface area contributed by atoms with Gasteiger partial charge in [-0.25, -0.2) is 0 Å². The molecular formula is C12H23N3O. The number of aryl methyl sites for hydroxylation is 2. The van der Waals surface area contributed by atoms with Gasteiger partial charge in [-0.3, -0.25) is 4.68 Å². The third kappa shape index (κ3) is 2.83. The quantitative estimate of drug-likeness (QED) is 0.762. The zero-order valence-corrected chi connectivity index (χ0v) is 10.5. The van der Waals surface area contributed by atoms with E-state index in [-0.39, 0.29) is 0 Å². The predicted octanol–water partition coefficient (Wildman–Crippen LogP) is 1.11. The van der Waals surface area contributed by atoms with E-state index in [2.05, 4.69) is 25.0 Å². The van der Waals surface area contributed by atoms with E-state index < -0.39 is 5.60 Å². The van der Waals surface area contributed by atoms with Gasteiger partial charge in [0.15, 0.2) is 0 Å². The summed E-state index contributed by atoms with van der Waals surface area (Å²) in [7, 11) is 0. The molecule has 1 rings (SSSR count). The second-order valence-corrected chi connectivity index (χ2v) is 4.26. The predicted molar refractivity (Wildman–Crippen MR) is 65.3 cm³/mol. The molecule has 1 unspecified atom stereocenters. The van der Waals surface area contributed by atoms with E-state index in [1.165, 1.54) is 0 Å². The second kappa shape index (κ2) is 5.46. The first-order valence-corrected chi connectivity index (χ1v) is 6.06. The normalized spacial score (nSPS) is 15.1. The minimum absolute atomic E-state index is 0.292. The Bertz CT molecular complexity index is 329. The molecule has 0 fully saturated rings. The summed E-state index contributed by atoms with van der Waals surface area (Å²) in [5, 5.41) is 14.7. The molecule has 0 aliphatic carbocycles. The van der Waals surface area contributed by atoms with E-state index in [0.29, 0.717) is 19.4 Å². The van der Waals surface area contributed by atoms with E-state index in [1.807, 2.05) is 11.6 Å². The van der Waals surface area contributed by atoms with Crippen LogP contribution in [-0.4, -0.2) is 27.0 Å². The van der Waals surface area contributed by atoms with Crippen molar-refractivity contribution in [2.24, 2.45) is 5.73 Å². The van der Waals surface area contributed by atoms with E-state index in [1.54, 1.807) is 0 Å². The van der Waals surface area contributed by atoms with Gasteiger partial charge >= 0.3 is 0 Å². The molecule has 0 saturated heterocycles. The Morgan fingerprint density at radius 3 is 2.56 bits per heavy atom. The summed E-state index contributed by atoms with van der Waals surface area (Å²) in [6.45, 7) is 7.23. The van der Waals surface area contributed by atoms with Crippen LogP contribution in [-0.2, 0) is 19.4 Å². The molecule has 0 aliphatic heterocycles. The van der Waals surface area contributed by atoms with E-state index >= 15 is 0 Å². The molecule has 1 atom stereocenters. The van der Waals surface area contributed by atoms with Gasteiger partial charge in [-0.2, -0.15) is 5.10 Å². The van der Waals surface area contributed by atoms with Crippen molar-refractivity contribution in [1.29, 1.82) is 0 Å². The lowest BCUT2D eigenvalue weighted by Crippen LogP contribution is -2.39. The summed E-state index contributed by atoms with van der Waals surface area (Å²) in [6.07, 6.45) is 2.17. The number of nitrogens with two attached hydrogens (primary N) is 1. The summed E-state index contributed by atoms with van der Waals surface area (Å²) in [5.74, 6) is 0. The fourth-order valence-electron chi connectivity index (χ4n) is 1.78. The standard InChI is InChI=1S/C12H23N3O/c1-4-10-7-11(15(6-3)14-10)8-12(16,5-2)9-13/h7,16H,4-6,8-9,13H2,1-3H3. The van der Waals surface area contributed by atoms with Gasteiger partial charge in [0.2, 0.25) is 0 Å². The minimum atomic E-state index is -0.794. The Labute approximate surface area is 97.5 Å². The SMILES string of the molecule is CCc1cc(CC(O)(CC)CN)n(CC)n1. The highest BCUT2D eigenvalue weighted by Gasteiger charge is 2.25. The molecule has 1 aromatic heterocycles. The van der Waals surface area contributed by atoms with Crippen molar-refractivity contribution >= 4 is 0 Å². The monoisotopic (exact) mass is 225 g/mol. The Kier molecular flexibility index (Phi) is 4.50. The van der Waals surface area contributed by atoms with Gasteiger partial charge in [-0.05, 0) is 25.8 Å². The van der Waals surface area contributed by atoms with E-state index in [0.717, 1.165) is 24.4 Å². The zero-order valence-electron chi connectivity index (χ0n) is 10.5. The van der Waals surface area contributed by atoms with Crippen LogP contribution in [0.3, 0.4) is 0 Å². The highest BCUT2D eigenvalue weighted by molar-refractivity contribution is 5.13. The molecule has 1 aromatic rings. The van der Waals surface area contributed by atoms with Crippen LogP contribution in [0.5, 0.6) is 0 Å². The van der Waals surface area contributed by atoms with Gasteiger partial charge in [0.1, 0.15) is 0 Å². The molecule has 3 N–H and O–H groups in total. The number of aromatic nitrogens is 2. The molecule has 0 amide bonds. The number of hydrogen-bond acceptors (Lipinski definition) is 3. The molecule has 0 aromatic carbocycles. The summed E-state index contributed by atoms with van der Waals surface area (Å²) in [6, 6.07) is 2.07. The van der Waals surface area contributed by atoms with E-state index in [4.69, 9.17) is 5.73 Å². The van der Waals surface area contributed by atoms with Crippen LogP contribution in [0.1, 0.15) is 38.6 Å². The fraction of sp³-hybridized carbons (Fsp3) is 0.750. The minimum Gasteiger partial charge on any atom is -0.388 e. The molecule has 0 radical (unpaired) electrons. The molecule has 4 nitrogen and oxygen atoms in total. The highest BCUT2D eigenvalue weighted by atomic mass is 16.3. The second-order valence-electron chi connectivity index (χ2n) is 4.26. The number of nitrogens with zero attached hydrogens (tertiary/aromatic N) is 2. The van der Waals surface area contributed by atoms with Gasteiger partial charge in [0.05, 0.1) is 11.3 Å². The van der Waals surface area contributed by atoms with Crippen LogP contribution in [0.2, 0.25) is 0 Å². The summed E-state index contributed by atoms with van der Waals surface area (Å²) in [4.78, 5) is 0. The van der Waals surface area contributed by atoms with Crippen LogP contribution in [0.15, 0.2) is 6.07 Å². The molecular weight excluding hydrogens is 202 g/mol. The first-order valence-electron chi connectivity index (χ1n) is 6.06. The van der Waals surface area contributed by atoms with Crippen LogP contribution in [0.25, 0.3) is 0 Å². The van der Waals surface area contributed by atoms with Crippen molar-refractivity contribution in [1.82, 2.24) is 9.78 Å². The summed E-state index contributed by atoms with van der Waals surface area (Å²) >= 11 is 0. The molecule has 1 heterocycles. The Balaban J connectivity index is 2.90. The molecule has 0 saturated carbocycles. The summed E-state index contributed by atoms with van der Waals surface area (Å²) in [5.41, 5.74) is 6.98. The topological polar surface area (TPSA) is 64.1 Å². The van der Waals surface area contributed by atoms with Crippen molar-refractivity contribution < 1.29 is 5.11 Å². The lowest BCUT2D eigenvalue weighted by Gasteiger charge is -2.24. The average Bonchev–Trinajstić information content (AvgIpc) is 2.71. The van der Waals surface area contributed by atoms with Crippen molar-refractivity contribution in [3.63, 3.8) is 0 Å². The average molecular weight is 225 g/mol. The maximum absolute atomic E-state index is 10.2. The first-order chi connectivity index (χ1) is 7.58. The van der Waals surface area contributed by atoms with Crippen molar-refractivity contribution in [3.8, 4) is 0 Å². The highest BCUT2D eigenvalue weighted by Crippen LogP contribution is 2.17. The maximum atomic E-state index is 10.2. The van der Waals surface area contributed by atoms with Crippen LogP contribution >= 0.6 is 0 Å². The van der Waals surface area contributed by atoms with Gasteiger partial charge in [-0.1, -0.05) is 13.8 Å². The van der Waals surface area contributed by atoms with Crippen molar-refractivity contribution in [3.05, 3.63) is 17.5 Å². The molecule has 0 aliphatic rings.